The molecule has 3 atom stereocenters. The summed E-state index contributed by atoms with van der Waals surface area (Å²) in [6, 6.07) is -1.01. The van der Waals surface area contributed by atoms with Crippen molar-refractivity contribution in [2.24, 2.45) is 5.92 Å². The molecule has 2 unspecified atom stereocenters. The predicted octanol–water partition coefficient (Wildman–Crippen LogP) is 0.744. The number of carbonyl (C=O) groups excluding carboxylic acids is 1. The van der Waals surface area contributed by atoms with Gasteiger partial charge in [0.1, 0.15) is 6.04 Å². The Morgan fingerprint density at radius 2 is 2.24 bits per heavy atom. The van der Waals surface area contributed by atoms with Crippen molar-refractivity contribution in [2.45, 2.75) is 51.6 Å². The van der Waals surface area contributed by atoms with Gasteiger partial charge in [-0.05, 0) is 31.7 Å². The lowest BCUT2D eigenvalue weighted by atomic mass is 9.92. The Morgan fingerprint density at radius 1 is 1.53 bits per heavy atom. The molecule has 0 aromatic rings. The second-order valence-electron chi connectivity index (χ2n) is 4.74. The molecule has 1 heterocycles. The lowest BCUT2D eigenvalue weighted by Crippen LogP contribution is -2.54. The van der Waals surface area contributed by atoms with Crippen LogP contribution in [-0.4, -0.2) is 35.6 Å². The fourth-order valence-electron chi connectivity index (χ4n) is 2.21. The summed E-state index contributed by atoms with van der Waals surface area (Å²) in [5, 5.41) is 14.7. The highest BCUT2D eigenvalue weighted by Gasteiger charge is 2.30. The van der Waals surface area contributed by atoms with Crippen LogP contribution in [0.1, 0.15) is 39.5 Å². The van der Waals surface area contributed by atoms with Gasteiger partial charge in [0.15, 0.2) is 0 Å². The van der Waals surface area contributed by atoms with Gasteiger partial charge in [-0.1, -0.05) is 20.3 Å². The minimum atomic E-state index is -0.955. The van der Waals surface area contributed by atoms with Crippen molar-refractivity contribution >= 4 is 11.9 Å². The molecule has 17 heavy (non-hydrogen) atoms. The Bertz CT molecular complexity index is 281. The molecule has 0 radical (unpaired) electrons. The molecular weight excluding hydrogens is 220 g/mol. The SMILES string of the molecule is CCC[C@H](NC(=O)C1NCCCC1C)C(=O)O. The molecule has 0 aromatic heterocycles. The molecule has 3 N–H and O–H groups in total. The molecule has 98 valence electrons. The van der Waals surface area contributed by atoms with E-state index in [1.165, 1.54) is 0 Å². The van der Waals surface area contributed by atoms with Gasteiger partial charge in [0.05, 0.1) is 6.04 Å². The molecular formula is C12H22N2O3. The maximum atomic E-state index is 12.0. The second-order valence-corrected chi connectivity index (χ2v) is 4.74. The topological polar surface area (TPSA) is 78.4 Å². The molecule has 0 aliphatic carbocycles. The quantitative estimate of drug-likeness (QED) is 0.664. The van der Waals surface area contributed by atoms with Gasteiger partial charge in [-0.2, -0.15) is 0 Å². The summed E-state index contributed by atoms with van der Waals surface area (Å²) < 4.78 is 0. The molecule has 0 bridgehead atoms. The van der Waals surface area contributed by atoms with Crippen LogP contribution in [0.5, 0.6) is 0 Å². The molecule has 0 aromatic carbocycles. The smallest absolute Gasteiger partial charge is 0.326 e. The Hall–Kier alpha value is -1.10. The average molecular weight is 242 g/mol. The van der Waals surface area contributed by atoms with E-state index < -0.39 is 12.0 Å². The van der Waals surface area contributed by atoms with E-state index in [1.54, 1.807) is 0 Å². The third-order valence-electron chi connectivity index (χ3n) is 3.24. The molecule has 0 saturated carbocycles. The Morgan fingerprint density at radius 3 is 2.76 bits per heavy atom. The van der Waals surface area contributed by atoms with E-state index in [0.717, 1.165) is 25.8 Å². The van der Waals surface area contributed by atoms with Crippen molar-refractivity contribution in [3.05, 3.63) is 0 Å². The van der Waals surface area contributed by atoms with E-state index in [-0.39, 0.29) is 17.9 Å². The third-order valence-corrected chi connectivity index (χ3v) is 3.24. The first-order chi connectivity index (χ1) is 8.06. The van der Waals surface area contributed by atoms with E-state index in [2.05, 4.69) is 10.6 Å². The number of hydrogen-bond acceptors (Lipinski definition) is 3. The van der Waals surface area contributed by atoms with Crippen LogP contribution in [0, 0.1) is 5.92 Å². The van der Waals surface area contributed by atoms with Crippen molar-refractivity contribution in [1.29, 1.82) is 0 Å². The Kier molecular flexibility index (Phi) is 5.41. The van der Waals surface area contributed by atoms with Crippen LogP contribution in [-0.2, 0) is 9.59 Å². The Balaban J connectivity index is 2.53. The van der Waals surface area contributed by atoms with Crippen LogP contribution in [0.25, 0.3) is 0 Å². The standard InChI is InChI=1S/C12H22N2O3/c1-3-5-9(12(16)17)14-11(15)10-8(2)6-4-7-13-10/h8-10,13H,3-7H2,1-2H3,(H,14,15)(H,16,17)/t8?,9-,10?/m0/s1. The van der Waals surface area contributed by atoms with Crippen molar-refractivity contribution in [3.63, 3.8) is 0 Å². The van der Waals surface area contributed by atoms with Gasteiger partial charge in [-0.15, -0.1) is 0 Å². The van der Waals surface area contributed by atoms with Gasteiger partial charge in [0, 0.05) is 0 Å². The molecule has 1 aliphatic rings. The fourth-order valence-corrected chi connectivity index (χ4v) is 2.21. The Labute approximate surface area is 102 Å². The summed E-state index contributed by atoms with van der Waals surface area (Å²) in [6.07, 6.45) is 3.30. The number of carbonyl (C=O) groups is 2. The first kappa shape index (κ1) is 14.0. The van der Waals surface area contributed by atoms with Gasteiger partial charge in [0.25, 0.3) is 0 Å². The lowest BCUT2D eigenvalue weighted by molar-refractivity contribution is -0.142. The zero-order valence-electron chi connectivity index (χ0n) is 10.5. The lowest BCUT2D eigenvalue weighted by Gasteiger charge is -2.30. The molecule has 1 fully saturated rings. The first-order valence-electron chi connectivity index (χ1n) is 6.32. The number of aliphatic carboxylic acids is 1. The number of amides is 1. The highest BCUT2D eigenvalue weighted by molar-refractivity contribution is 5.87. The molecule has 0 spiro atoms. The molecule has 5 heteroatoms. The van der Waals surface area contributed by atoms with Crippen LogP contribution >= 0.6 is 0 Å². The van der Waals surface area contributed by atoms with Gasteiger partial charge in [-0.25, -0.2) is 4.79 Å². The summed E-state index contributed by atoms with van der Waals surface area (Å²) in [7, 11) is 0. The monoisotopic (exact) mass is 242 g/mol. The minimum Gasteiger partial charge on any atom is -0.480 e. The summed E-state index contributed by atoms with van der Waals surface area (Å²) >= 11 is 0. The number of rotatable bonds is 5. The number of nitrogens with one attached hydrogen (secondary N) is 2. The maximum Gasteiger partial charge on any atom is 0.326 e. The van der Waals surface area contributed by atoms with Crippen LogP contribution < -0.4 is 10.6 Å². The zero-order valence-corrected chi connectivity index (χ0v) is 10.5. The summed E-state index contributed by atoms with van der Waals surface area (Å²) in [6.45, 7) is 4.75. The van der Waals surface area contributed by atoms with Crippen LogP contribution in [0.3, 0.4) is 0 Å². The van der Waals surface area contributed by atoms with E-state index >= 15 is 0 Å². The van der Waals surface area contributed by atoms with Crippen molar-refractivity contribution < 1.29 is 14.7 Å². The minimum absolute atomic E-state index is 0.182. The molecule has 1 saturated heterocycles. The molecule has 1 amide bonds. The average Bonchev–Trinajstić information content (AvgIpc) is 2.28. The number of carboxylic acids is 1. The number of carboxylic acid groups (broad SMARTS) is 1. The normalized spacial score (nSPS) is 26.2. The highest BCUT2D eigenvalue weighted by Crippen LogP contribution is 2.15. The maximum absolute atomic E-state index is 12.0. The third kappa shape index (κ3) is 4.00. The van der Waals surface area contributed by atoms with Crippen LogP contribution in [0.2, 0.25) is 0 Å². The number of hydrogen-bond donors (Lipinski definition) is 3. The first-order valence-corrected chi connectivity index (χ1v) is 6.32. The molecule has 1 aliphatic heterocycles. The van der Waals surface area contributed by atoms with Crippen LogP contribution in [0.4, 0.5) is 0 Å². The highest BCUT2D eigenvalue weighted by atomic mass is 16.4. The van der Waals surface area contributed by atoms with Gasteiger partial charge >= 0.3 is 5.97 Å². The van der Waals surface area contributed by atoms with E-state index in [0.29, 0.717) is 6.42 Å². The molecule has 5 nitrogen and oxygen atoms in total. The summed E-state index contributed by atoms with van der Waals surface area (Å²) in [5.74, 6) is -0.874. The van der Waals surface area contributed by atoms with Gasteiger partial charge in [0.2, 0.25) is 5.91 Å². The fraction of sp³-hybridized carbons (Fsp3) is 0.833. The molecule has 1 rings (SSSR count). The summed E-state index contributed by atoms with van der Waals surface area (Å²) in [4.78, 5) is 22.9. The predicted molar refractivity (Wildman–Crippen MR) is 64.7 cm³/mol. The van der Waals surface area contributed by atoms with Gasteiger partial charge < -0.3 is 15.7 Å². The van der Waals surface area contributed by atoms with E-state index in [9.17, 15) is 9.59 Å². The van der Waals surface area contributed by atoms with Crippen molar-refractivity contribution in [3.8, 4) is 0 Å². The largest absolute Gasteiger partial charge is 0.480 e. The van der Waals surface area contributed by atoms with Crippen LogP contribution in [0.15, 0.2) is 0 Å². The second kappa shape index (κ2) is 6.59. The van der Waals surface area contributed by atoms with E-state index in [1.807, 2.05) is 13.8 Å². The zero-order chi connectivity index (χ0) is 12.8. The van der Waals surface area contributed by atoms with Gasteiger partial charge in [-0.3, -0.25) is 4.79 Å². The summed E-state index contributed by atoms with van der Waals surface area (Å²) in [5.41, 5.74) is 0. The van der Waals surface area contributed by atoms with E-state index in [4.69, 9.17) is 5.11 Å². The van der Waals surface area contributed by atoms with Crippen molar-refractivity contribution in [2.75, 3.05) is 6.54 Å². The van der Waals surface area contributed by atoms with Crippen molar-refractivity contribution in [1.82, 2.24) is 10.6 Å². The number of piperidine rings is 1.